The van der Waals surface area contributed by atoms with E-state index in [0.29, 0.717) is 0 Å². The lowest BCUT2D eigenvalue weighted by Gasteiger charge is -2.05. The first-order valence-electron chi connectivity index (χ1n) is 3.60. The second kappa shape index (κ2) is 3.95. The van der Waals surface area contributed by atoms with Crippen LogP contribution in [0.2, 0.25) is 0 Å². The minimum atomic E-state index is -1.28. The summed E-state index contributed by atoms with van der Waals surface area (Å²) < 4.78 is 0. The monoisotopic (exact) mass is 197 g/mol. The lowest BCUT2D eigenvalue weighted by Crippen LogP contribution is -2.03. The molecular weight excluding hydrogens is 190 g/mol. The molecule has 74 valence electrons. The highest BCUT2D eigenvalue weighted by atomic mass is 16.6. The molecule has 1 aromatic rings. The predicted octanol–water partition coefficient (Wildman–Crippen LogP) is 0.296. The summed E-state index contributed by atoms with van der Waals surface area (Å²) in [6, 6.07) is 1.89. The van der Waals surface area contributed by atoms with Gasteiger partial charge in [0.05, 0.1) is 12.2 Å². The Balaban J connectivity index is 3.24. The number of nitrogens with zero attached hydrogens (tertiary/aromatic N) is 1. The van der Waals surface area contributed by atoms with Gasteiger partial charge in [-0.1, -0.05) is 0 Å². The van der Waals surface area contributed by atoms with Gasteiger partial charge < -0.3 is 15.3 Å². The Morgan fingerprint density at radius 3 is 2.43 bits per heavy atom. The number of phenols is 2. The van der Waals surface area contributed by atoms with E-state index in [0.717, 1.165) is 12.1 Å². The number of carbonyl (C=O) groups is 1. The van der Waals surface area contributed by atoms with Gasteiger partial charge in [0, 0.05) is 5.90 Å². The van der Waals surface area contributed by atoms with Gasteiger partial charge in [0.15, 0.2) is 11.5 Å². The van der Waals surface area contributed by atoms with Crippen LogP contribution in [0.25, 0.3) is 0 Å². The van der Waals surface area contributed by atoms with Crippen LogP contribution in [0.1, 0.15) is 15.9 Å². The van der Waals surface area contributed by atoms with E-state index in [1.165, 1.54) is 0 Å². The third-order valence-corrected chi connectivity index (χ3v) is 1.65. The van der Waals surface area contributed by atoms with Gasteiger partial charge in [-0.15, -0.1) is 0 Å². The SMILES string of the molecule is [N]OCc1cc(O)c(O)cc1C(=O)O. The highest BCUT2D eigenvalue weighted by Crippen LogP contribution is 2.28. The number of benzene rings is 1. The number of rotatable bonds is 3. The normalized spacial score (nSPS) is 10.1. The van der Waals surface area contributed by atoms with Gasteiger partial charge in [0.25, 0.3) is 0 Å². The molecule has 0 aromatic heterocycles. The average molecular weight is 197 g/mol. The van der Waals surface area contributed by atoms with E-state index in [2.05, 4.69) is 4.84 Å². The third kappa shape index (κ3) is 1.93. The van der Waals surface area contributed by atoms with Crippen LogP contribution in [0.5, 0.6) is 11.5 Å². The molecule has 3 N–H and O–H groups in total. The zero-order valence-corrected chi connectivity index (χ0v) is 6.97. The molecule has 0 unspecified atom stereocenters. The van der Waals surface area contributed by atoms with E-state index < -0.39 is 17.5 Å². The maximum atomic E-state index is 10.6. The summed E-state index contributed by atoms with van der Waals surface area (Å²) in [6.07, 6.45) is 0. The van der Waals surface area contributed by atoms with Crippen molar-refractivity contribution >= 4 is 5.97 Å². The maximum Gasteiger partial charge on any atom is 0.336 e. The van der Waals surface area contributed by atoms with E-state index in [9.17, 15) is 4.79 Å². The molecule has 1 aromatic carbocycles. The van der Waals surface area contributed by atoms with Gasteiger partial charge in [-0.2, -0.15) is 0 Å². The molecule has 0 saturated heterocycles. The summed E-state index contributed by atoms with van der Waals surface area (Å²) in [6.45, 7) is -0.379. The zero-order chi connectivity index (χ0) is 10.7. The molecule has 6 nitrogen and oxygen atoms in total. The van der Waals surface area contributed by atoms with Crippen molar-refractivity contribution in [3.05, 3.63) is 23.3 Å². The largest absolute Gasteiger partial charge is 0.504 e. The predicted molar refractivity (Wildman–Crippen MR) is 43.7 cm³/mol. The number of aromatic carboxylic acids is 1. The van der Waals surface area contributed by atoms with Crippen LogP contribution >= 0.6 is 0 Å². The molecule has 0 aliphatic heterocycles. The van der Waals surface area contributed by atoms with Crippen molar-refractivity contribution in [2.24, 2.45) is 0 Å². The maximum absolute atomic E-state index is 10.6. The molecule has 0 bridgehead atoms. The molecule has 0 fully saturated rings. The van der Waals surface area contributed by atoms with E-state index >= 15 is 0 Å². The lowest BCUT2D eigenvalue weighted by atomic mass is 10.1. The van der Waals surface area contributed by atoms with Gasteiger partial charge >= 0.3 is 5.97 Å². The second-order valence-corrected chi connectivity index (χ2v) is 2.58. The smallest absolute Gasteiger partial charge is 0.336 e. The molecule has 2 radical (unpaired) electrons. The molecule has 14 heavy (non-hydrogen) atoms. The topological polar surface area (TPSA) is 109 Å². The van der Waals surface area contributed by atoms with Crippen LogP contribution in [0.15, 0.2) is 12.1 Å². The van der Waals surface area contributed by atoms with E-state index in [4.69, 9.17) is 21.2 Å². The number of hydrogen-bond acceptors (Lipinski definition) is 4. The Morgan fingerprint density at radius 1 is 1.36 bits per heavy atom. The second-order valence-electron chi connectivity index (χ2n) is 2.58. The molecular formula is C8H7NO5. The van der Waals surface area contributed by atoms with Crippen LogP contribution in [-0.2, 0) is 11.4 Å². The summed E-state index contributed by atoms with van der Waals surface area (Å²) in [4.78, 5) is 14.4. The summed E-state index contributed by atoms with van der Waals surface area (Å²) in [5.74, 6) is 5.86. The summed E-state index contributed by atoms with van der Waals surface area (Å²) in [5.41, 5.74) is -0.176. The van der Waals surface area contributed by atoms with Crippen molar-refractivity contribution < 1.29 is 25.0 Å². The Bertz CT molecular complexity index is 363. The zero-order valence-electron chi connectivity index (χ0n) is 6.97. The van der Waals surface area contributed by atoms with Crippen molar-refractivity contribution in [3.8, 4) is 11.5 Å². The average Bonchev–Trinajstić information content (AvgIpc) is 2.11. The van der Waals surface area contributed by atoms with Gasteiger partial charge in [0.2, 0.25) is 0 Å². The first-order chi connectivity index (χ1) is 6.56. The summed E-state index contributed by atoms with van der Waals surface area (Å²) >= 11 is 0. The van der Waals surface area contributed by atoms with E-state index in [1.807, 2.05) is 0 Å². The molecule has 0 saturated carbocycles. The minimum Gasteiger partial charge on any atom is -0.504 e. The Labute approximate surface area is 79.1 Å². The molecule has 0 spiro atoms. The number of aromatic hydroxyl groups is 2. The van der Waals surface area contributed by atoms with Gasteiger partial charge in [-0.25, -0.2) is 4.79 Å². The van der Waals surface area contributed by atoms with Crippen LogP contribution in [0.4, 0.5) is 0 Å². The molecule has 6 heteroatoms. The quantitative estimate of drug-likeness (QED) is 0.476. The standard InChI is InChI=1S/C8H7NO5/c9-14-3-4-1-6(10)7(11)2-5(4)8(12)13/h1-2,10-11H,3H2,(H,12,13). The fourth-order valence-electron chi connectivity index (χ4n) is 1.01. The lowest BCUT2D eigenvalue weighted by molar-refractivity contribution is 0.0682. The summed E-state index contributed by atoms with van der Waals surface area (Å²) in [5, 5.41) is 26.8. The number of carboxylic acids is 1. The third-order valence-electron chi connectivity index (χ3n) is 1.65. The van der Waals surface area contributed by atoms with Crippen molar-refractivity contribution in [1.82, 2.24) is 5.90 Å². The molecule has 0 aliphatic carbocycles. The van der Waals surface area contributed by atoms with E-state index in [-0.39, 0.29) is 17.7 Å². The number of carboxylic acid groups (broad SMARTS) is 1. The molecule has 0 atom stereocenters. The first kappa shape index (κ1) is 10.3. The Hall–Kier alpha value is -1.79. The van der Waals surface area contributed by atoms with Crippen molar-refractivity contribution in [2.45, 2.75) is 6.61 Å². The Kier molecular flexibility index (Phi) is 2.90. The van der Waals surface area contributed by atoms with Crippen LogP contribution in [0, 0.1) is 0 Å². The van der Waals surface area contributed by atoms with Crippen molar-refractivity contribution in [2.75, 3.05) is 0 Å². The molecule has 0 aliphatic rings. The highest BCUT2D eigenvalue weighted by molar-refractivity contribution is 5.90. The first-order valence-corrected chi connectivity index (χ1v) is 3.60. The Morgan fingerprint density at radius 2 is 1.93 bits per heavy atom. The fourth-order valence-corrected chi connectivity index (χ4v) is 1.01. The van der Waals surface area contributed by atoms with Crippen LogP contribution in [-0.4, -0.2) is 21.3 Å². The van der Waals surface area contributed by atoms with Crippen LogP contribution < -0.4 is 5.90 Å². The van der Waals surface area contributed by atoms with Gasteiger partial charge in [0.1, 0.15) is 0 Å². The molecule has 1 rings (SSSR count). The van der Waals surface area contributed by atoms with Crippen molar-refractivity contribution in [3.63, 3.8) is 0 Å². The number of phenolic OH excluding ortho intramolecular Hbond substituents is 2. The summed E-state index contributed by atoms with van der Waals surface area (Å²) in [7, 11) is 0. The highest BCUT2D eigenvalue weighted by Gasteiger charge is 2.14. The number of hydrogen-bond donors (Lipinski definition) is 3. The van der Waals surface area contributed by atoms with E-state index in [1.54, 1.807) is 0 Å². The van der Waals surface area contributed by atoms with Gasteiger partial charge in [-0.3, -0.25) is 4.84 Å². The van der Waals surface area contributed by atoms with Gasteiger partial charge in [-0.05, 0) is 17.7 Å². The minimum absolute atomic E-state index is 0.0651. The van der Waals surface area contributed by atoms with Crippen molar-refractivity contribution in [1.29, 1.82) is 0 Å². The molecule has 0 heterocycles. The molecule has 0 amide bonds. The van der Waals surface area contributed by atoms with Crippen LogP contribution in [0.3, 0.4) is 0 Å². The fraction of sp³-hybridized carbons (Fsp3) is 0.125.